The van der Waals surface area contributed by atoms with Gasteiger partial charge in [0.05, 0.1) is 7.11 Å². The molecule has 12 heavy (non-hydrogen) atoms. The van der Waals surface area contributed by atoms with Crippen molar-refractivity contribution in [1.82, 2.24) is 4.98 Å². The molecule has 0 atom stereocenters. The number of H-pyrrole nitrogens is 1. The Morgan fingerprint density at radius 1 is 1.33 bits per heavy atom. The summed E-state index contributed by atoms with van der Waals surface area (Å²) in [6.45, 7) is 2.07. The molecule has 1 aromatic heterocycles. The SMILES string of the molecule is COc1cccc2[nH]cc(C)c12. The monoisotopic (exact) mass is 161 g/mol. The predicted molar refractivity (Wildman–Crippen MR) is 49.6 cm³/mol. The van der Waals surface area contributed by atoms with Crippen LogP contribution in [0, 0.1) is 6.92 Å². The van der Waals surface area contributed by atoms with Crippen molar-refractivity contribution < 1.29 is 4.74 Å². The highest BCUT2D eigenvalue weighted by Crippen LogP contribution is 2.27. The number of nitrogens with one attached hydrogen (secondary N) is 1. The Balaban J connectivity index is 2.84. The fraction of sp³-hybridized carbons (Fsp3) is 0.200. The Morgan fingerprint density at radius 3 is 2.92 bits per heavy atom. The second-order valence-electron chi connectivity index (χ2n) is 2.85. The van der Waals surface area contributed by atoms with Gasteiger partial charge in [0.15, 0.2) is 0 Å². The average molecular weight is 161 g/mol. The third kappa shape index (κ3) is 0.881. The molecule has 0 unspecified atom stereocenters. The van der Waals surface area contributed by atoms with Gasteiger partial charge in [0.25, 0.3) is 0 Å². The Hall–Kier alpha value is -1.44. The maximum Gasteiger partial charge on any atom is 0.128 e. The van der Waals surface area contributed by atoms with Gasteiger partial charge in [-0.15, -0.1) is 0 Å². The van der Waals surface area contributed by atoms with Gasteiger partial charge in [0.1, 0.15) is 5.75 Å². The molecule has 0 saturated heterocycles. The molecular formula is C10H11NO. The average Bonchev–Trinajstić information content (AvgIpc) is 2.48. The van der Waals surface area contributed by atoms with Crippen molar-refractivity contribution in [3.05, 3.63) is 30.0 Å². The summed E-state index contributed by atoms with van der Waals surface area (Å²) in [5.41, 5.74) is 2.36. The van der Waals surface area contributed by atoms with E-state index in [4.69, 9.17) is 4.74 Å². The Labute approximate surface area is 71.2 Å². The minimum Gasteiger partial charge on any atom is -0.496 e. The number of aromatic amines is 1. The molecule has 0 spiro atoms. The second-order valence-corrected chi connectivity index (χ2v) is 2.85. The first-order chi connectivity index (χ1) is 5.83. The molecule has 2 aromatic rings. The van der Waals surface area contributed by atoms with Crippen molar-refractivity contribution in [3.8, 4) is 5.75 Å². The van der Waals surface area contributed by atoms with E-state index in [-0.39, 0.29) is 0 Å². The number of methoxy groups -OCH3 is 1. The van der Waals surface area contributed by atoms with E-state index in [1.165, 1.54) is 10.9 Å². The maximum atomic E-state index is 5.25. The molecule has 1 N–H and O–H groups in total. The van der Waals surface area contributed by atoms with E-state index in [0.29, 0.717) is 0 Å². The normalized spacial score (nSPS) is 10.5. The topological polar surface area (TPSA) is 25.0 Å². The number of benzene rings is 1. The summed E-state index contributed by atoms with van der Waals surface area (Å²) in [6.07, 6.45) is 1.99. The minimum absolute atomic E-state index is 0.936. The molecule has 0 aliphatic carbocycles. The van der Waals surface area contributed by atoms with Crippen molar-refractivity contribution in [2.45, 2.75) is 6.92 Å². The van der Waals surface area contributed by atoms with Gasteiger partial charge in [-0.2, -0.15) is 0 Å². The number of aryl methyl sites for hydroxylation is 1. The van der Waals surface area contributed by atoms with E-state index in [9.17, 15) is 0 Å². The summed E-state index contributed by atoms with van der Waals surface area (Å²) in [5.74, 6) is 0.936. The zero-order valence-corrected chi connectivity index (χ0v) is 7.22. The summed E-state index contributed by atoms with van der Waals surface area (Å²) in [7, 11) is 1.70. The van der Waals surface area contributed by atoms with Crippen LogP contribution < -0.4 is 4.74 Å². The molecule has 2 heteroatoms. The van der Waals surface area contributed by atoms with E-state index in [0.717, 1.165) is 11.3 Å². The lowest BCUT2D eigenvalue weighted by molar-refractivity contribution is 0.419. The first kappa shape index (κ1) is 7.22. The van der Waals surface area contributed by atoms with Gasteiger partial charge in [-0.05, 0) is 24.6 Å². The van der Waals surface area contributed by atoms with Crippen LogP contribution >= 0.6 is 0 Å². The van der Waals surface area contributed by atoms with Crippen LogP contribution in [0.5, 0.6) is 5.75 Å². The highest BCUT2D eigenvalue weighted by Gasteiger charge is 2.03. The van der Waals surface area contributed by atoms with Gasteiger partial charge in [-0.1, -0.05) is 6.07 Å². The second kappa shape index (κ2) is 2.55. The fourth-order valence-electron chi connectivity index (χ4n) is 1.49. The lowest BCUT2D eigenvalue weighted by Gasteiger charge is -2.01. The molecular weight excluding hydrogens is 150 g/mol. The summed E-state index contributed by atoms with van der Waals surface area (Å²) < 4.78 is 5.25. The first-order valence-electron chi connectivity index (χ1n) is 3.93. The Morgan fingerprint density at radius 2 is 2.17 bits per heavy atom. The third-order valence-electron chi connectivity index (χ3n) is 2.08. The molecule has 1 aromatic carbocycles. The van der Waals surface area contributed by atoms with E-state index < -0.39 is 0 Å². The van der Waals surface area contributed by atoms with Gasteiger partial charge >= 0.3 is 0 Å². The smallest absolute Gasteiger partial charge is 0.128 e. The van der Waals surface area contributed by atoms with Crippen molar-refractivity contribution in [3.63, 3.8) is 0 Å². The van der Waals surface area contributed by atoms with E-state index in [1.54, 1.807) is 7.11 Å². The van der Waals surface area contributed by atoms with E-state index in [1.807, 2.05) is 24.4 Å². The van der Waals surface area contributed by atoms with Crippen LogP contribution in [0.3, 0.4) is 0 Å². The molecule has 0 saturated carbocycles. The summed E-state index contributed by atoms with van der Waals surface area (Å²) in [5, 5.41) is 1.18. The molecule has 0 bridgehead atoms. The largest absolute Gasteiger partial charge is 0.496 e. The van der Waals surface area contributed by atoms with Crippen LogP contribution in [0.15, 0.2) is 24.4 Å². The summed E-state index contributed by atoms with van der Waals surface area (Å²) in [4.78, 5) is 3.18. The Kier molecular flexibility index (Phi) is 1.54. The molecule has 0 aliphatic rings. The first-order valence-corrected chi connectivity index (χ1v) is 3.93. The van der Waals surface area contributed by atoms with Gasteiger partial charge in [0.2, 0.25) is 0 Å². The predicted octanol–water partition coefficient (Wildman–Crippen LogP) is 2.48. The molecule has 0 radical (unpaired) electrons. The molecule has 62 valence electrons. The lowest BCUT2D eigenvalue weighted by Crippen LogP contribution is -1.83. The number of hydrogen-bond donors (Lipinski definition) is 1. The standard InChI is InChI=1S/C10H11NO/c1-7-6-11-8-4-3-5-9(12-2)10(7)8/h3-6,11H,1-2H3. The minimum atomic E-state index is 0.936. The summed E-state index contributed by atoms with van der Waals surface area (Å²) >= 11 is 0. The molecule has 0 aliphatic heterocycles. The number of hydrogen-bond acceptors (Lipinski definition) is 1. The Bertz CT molecular complexity index is 403. The van der Waals surface area contributed by atoms with Crippen molar-refractivity contribution in [2.24, 2.45) is 0 Å². The van der Waals surface area contributed by atoms with Gasteiger partial charge < -0.3 is 9.72 Å². The molecule has 2 rings (SSSR count). The van der Waals surface area contributed by atoms with Crippen LogP contribution in [0.2, 0.25) is 0 Å². The molecule has 0 fully saturated rings. The van der Waals surface area contributed by atoms with Crippen molar-refractivity contribution in [1.29, 1.82) is 0 Å². The van der Waals surface area contributed by atoms with E-state index in [2.05, 4.69) is 11.9 Å². The highest BCUT2D eigenvalue weighted by molar-refractivity contribution is 5.88. The molecule has 0 amide bonds. The highest BCUT2D eigenvalue weighted by atomic mass is 16.5. The van der Waals surface area contributed by atoms with Gasteiger partial charge in [0, 0.05) is 17.1 Å². The van der Waals surface area contributed by atoms with Crippen molar-refractivity contribution in [2.75, 3.05) is 7.11 Å². The van der Waals surface area contributed by atoms with Gasteiger partial charge in [-0.25, -0.2) is 0 Å². The number of ether oxygens (including phenoxy) is 1. The molecule has 1 heterocycles. The van der Waals surface area contributed by atoms with Gasteiger partial charge in [-0.3, -0.25) is 0 Å². The number of rotatable bonds is 1. The summed E-state index contributed by atoms with van der Waals surface area (Å²) in [6, 6.07) is 6.01. The van der Waals surface area contributed by atoms with Crippen LogP contribution in [-0.2, 0) is 0 Å². The lowest BCUT2D eigenvalue weighted by atomic mass is 10.2. The maximum absolute atomic E-state index is 5.25. The third-order valence-corrected chi connectivity index (χ3v) is 2.08. The molecule has 2 nitrogen and oxygen atoms in total. The van der Waals surface area contributed by atoms with Crippen molar-refractivity contribution >= 4 is 10.9 Å². The zero-order chi connectivity index (χ0) is 8.55. The fourth-order valence-corrected chi connectivity index (χ4v) is 1.49. The zero-order valence-electron chi connectivity index (χ0n) is 7.22. The van der Waals surface area contributed by atoms with Crippen LogP contribution in [0.4, 0.5) is 0 Å². The van der Waals surface area contributed by atoms with Crippen LogP contribution in [0.1, 0.15) is 5.56 Å². The van der Waals surface area contributed by atoms with Crippen LogP contribution in [-0.4, -0.2) is 12.1 Å². The van der Waals surface area contributed by atoms with Crippen LogP contribution in [0.25, 0.3) is 10.9 Å². The number of fused-ring (bicyclic) bond motifs is 1. The number of aromatic nitrogens is 1. The van der Waals surface area contributed by atoms with E-state index >= 15 is 0 Å². The quantitative estimate of drug-likeness (QED) is 0.682.